The van der Waals surface area contributed by atoms with Crippen molar-refractivity contribution in [2.75, 3.05) is 0 Å². The lowest BCUT2D eigenvalue weighted by atomic mass is 9.94. The predicted octanol–water partition coefficient (Wildman–Crippen LogP) is 13.9. The second-order valence-corrected chi connectivity index (χ2v) is 12.1. The number of hydrogen-bond acceptors (Lipinski definition) is 6. The molecule has 0 saturated heterocycles. The van der Waals surface area contributed by atoms with E-state index >= 15 is 0 Å². The van der Waals surface area contributed by atoms with Crippen molar-refractivity contribution in [3.8, 4) is 56.4 Å². The third-order valence-corrected chi connectivity index (χ3v) is 8.87. The Labute approximate surface area is 366 Å². The maximum absolute atomic E-state index is 10.0. The van der Waals surface area contributed by atoms with Crippen molar-refractivity contribution in [3.63, 3.8) is 0 Å². The average Bonchev–Trinajstić information content (AvgIpc) is 1.49. The van der Waals surface area contributed by atoms with Gasteiger partial charge in [-0.1, -0.05) is 133 Å². The first-order chi connectivity index (χ1) is 40.3. The van der Waals surface area contributed by atoms with Crippen LogP contribution in [-0.2, 0) is 0 Å². The number of aromatic nitrogens is 3. The largest absolute Gasteiger partial charge is 0.455 e. The van der Waals surface area contributed by atoms with Gasteiger partial charge in [0, 0.05) is 54.6 Å². The normalized spacial score (nSPS) is 19.0. The Morgan fingerprint density at radius 3 is 1.46 bits per heavy atom. The van der Waals surface area contributed by atoms with E-state index in [-0.39, 0.29) is 0 Å². The first-order valence-corrected chi connectivity index (χ1v) is 16.6. The molecule has 0 aliphatic heterocycles. The molecular weight excluding hydrogens is 703 g/mol. The van der Waals surface area contributed by atoms with Crippen LogP contribution in [0.4, 0.5) is 0 Å². The standard InChI is InChI=1S/C51H29N3O3/c1-3-13-30(14-4-1)49-52-50(31-15-5-2-6-16-31)54-51(53-49)40-22-12-21-39-37-26-25-32(29-45(37)57-47(39)40)41-27-33(28-42-36-18-8-10-24-44(36)56-48(41)42)34-19-11-20-38-35-17-7-9-23-43(35)55-46(34)38/h1-29H/i1D,2D,3D,4D,5D,6D,7D,8D,9D,10D,11D,12D,13D,14D,15D,16D,17D,18D,19D,20D,21D,22D,23D,24D,25D,26D,27D,28D,29D. The molecule has 4 aromatic heterocycles. The summed E-state index contributed by atoms with van der Waals surface area (Å²) in [5.41, 5.74) is -9.13. The van der Waals surface area contributed by atoms with Crippen molar-refractivity contribution in [1.29, 1.82) is 0 Å². The molecule has 0 bridgehead atoms. The van der Waals surface area contributed by atoms with Crippen molar-refractivity contribution in [3.05, 3.63) is 175 Å². The van der Waals surface area contributed by atoms with Crippen LogP contribution in [0.1, 0.15) is 39.8 Å². The number of fused-ring (bicyclic) bond motifs is 9. The Morgan fingerprint density at radius 2 is 0.789 bits per heavy atom. The topological polar surface area (TPSA) is 78.1 Å². The second-order valence-electron chi connectivity index (χ2n) is 12.1. The Morgan fingerprint density at radius 1 is 0.298 bits per heavy atom. The fourth-order valence-corrected chi connectivity index (χ4v) is 6.39. The van der Waals surface area contributed by atoms with Gasteiger partial charge >= 0.3 is 0 Å². The van der Waals surface area contributed by atoms with Crippen LogP contribution in [0.15, 0.2) is 188 Å². The molecule has 57 heavy (non-hydrogen) atoms. The van der Waals surface area contributed by atoms with Crippen LogP contribution in [0.3, 0.4) is 0 Å². The lowest BCUT2D eigenvalue weighted by Crippen LogP contribution is -2.00. The van der Waals surface area contributed by atoms with Crippen LogP contribution in [-0.4, -0.2) is 15.0 Å². The Kier molecular flexibility index (Phi) is 3.11. The zero-order chi connectivity index (χ0) is 62.7. The number of para-hydroxylation sites is 4. The molecule has 0 N–H and O–H groups in total. The molecule has 6 heteroatoms. The van der Waals surface area contributed by atoms with Gasteiger partial charge in [-0.25, -0.2) is 15.0 Å². The first kappa shape index (κ1) is 14.3. The smallest absolute Gasteiger partial charge is 0.167 e. The maximum Gasteiger partial charge on any atom is 0.167 e. The third kappa shape index (κ3) is 5.01. The highest BCUT2D eigenvalue weighted by Crippen LogP contribution is 2.44. The van der Waals surface area contributed by atoms with Crippen molar-refractivity contribution < 1.29 is 53.0 Å². The summed E-state index contributed by atoms with van der Waals surface area (Å²) in [5, 5.41) is -3.13. The molecule has 12 rings (SSSR count). The van der Waals surface area contributed by atoms with Crippen LogP contribution >= 0.6 is 0 Å². The third-order valence-electron chi connectivity index (χ3n) is 8.87. The van der Waals surface area contributed by atoms with Gasteiger partial charge in [0.25, 0.3) is 0 Å². The fraction of sp³-hybridized carbons (Fsp3) is 0. The molecule has 12 aromatic rings. The van der Waals surface area contributed by atoms with Crippen molar-refractivity contribution in [1.82, 2.24) is 15.0 Å². The molecule has 0 spiro atoms. The van der Waals surface area contributed by atoms with Gasteiger partial charge in [-0.3, -0.25) is 0 Å². The minimum absolute atomic E-state index is 0.420. The summed E-state index contributed by atoms with van der Waals surface area (Å²) in [4.78, 5) is 12.9. The van der Waals surface area contributed by atoms with Crippen molar-refractivity contribution in [2.45, 2.75) is 0 Å². The van der Waals surface area contributed by atoms with Crippen LogP contribution in [0.25, 0.3) is 122 Å². The quantitative estimate of drug-likeness (QED) is 0.174. The van der Waals surface area contributed by atoms with E-state index in [0.717, 1.165) is 0 Å². The summed E-state index contributed by atoms with van der Waals surface area (Å²) >= 11 is 0. The molecule has 0 aliphatic rings. The van der Waals surface area contributed by atoms with E-state index in [1.807, 2.05) is 0 Å². The van der Waals surface area contributed by atoms with Gasteiger partial charge in [0.15, 0.2) is 17.5 Å². The minimum Gasteiger partial charge on any atom is -0.455 e. The number of nitrogens with zero attached hydrogens (tertiary/aromatic N) is 3. The molecular formula is C51H29N3O3. The highest BCUT2D eigenvalue weighted by molar-refractivity contribution is 6.15. The zero-order valence-electron chi connectivity index (χ0n) is 57.1. The monoisotopic (exact) mass is 760 g/mol. The van der Waals surface area contributed by atoms with Gasteiger partial charge in [0.1, 0.15) is 33.5 Å². The molecule has 0 fully saturated rings. The average molecular weight is 761 g/mol. The van der Waals surface area contributed by atoms with Gasteiger partial charge in [-0.2, -0.15) is 0 Å². The van der Waals surface area contributed by atoms with Gasteiger partial charge in [-0.15, -0.1) is 0 Å². The van der Waals surface area contributed by atoms with E-state index < -0.39 is 297 Å². The van der Waals surface area contributed by atoms with Crippen molar-refractivity contribution in [2.24, 2.45) is 0 Å². The molecule has 0 atom stereocenters. The zero-order valence-corrected chi connectivity index (χ0v) is 28.1. The summed E-state index contributed by atoms with van der Waals surface area (Å²) in [6, 6.07) is -25.3. The Balaban J connectivity index is 1.24. The minimum atomic E-state index is -1.01. The van der Waals surface area contributed by atoms with Crippen LogP contribution in [0.2, 0.25) is 0 Å². The highest BCUT2D eigenvalue weighted by Gasteiger charge is 2.21. The molecule has 6 nitrogen and oxygen atoms in total. The first-order valence-electron chi connectivity index (χ1n) is 31.1. The van der Waals surface area contributed by atoms with Crippen LogP contribution in [0, 0.1) is 0 Å². The van der Waals surface area contributed by atoms with Crippen molar-refractivity contribution >= 4 is 65.8 Å². The highest BCUT2D eigenvalue weighted by atomic mass is 16.3. The van der Waals surface area contributed by atoms with Crippen LogP contribution in [0.5, 0.6) is 0 Å². The Hall–Kier alpha value is -7.83. The van der Waals surface area contributed by atoms with Crippen LogP contribution < -0.4 is 0 Å². The molecule has 0 amide bonds. The molecule has 0 unspecified atom stereocenters. The SMILES string of the molecule is [2H]c1c([2H])c([2H])c(-c2nc(-c3c([2H])c([2H])c([2H])c([2H])c3[2H])nc(-c3c([2H])c([2H])c([2H])c4c3oc3c([2H])c(-c5c([2H])c(-c6c([2H])c([2H])c([2H])c7c6oc6c([2H])c([2H])c([2H])c([2H])c67)c([2H])c6c5oc5c([2H])c([2H])c([2H])c([2H])c56)c([2H])c([2H])c34)n2)c([2H])c1[2H]. The molecule has 8 aromatic carbocycles. The summed E-state index contributed by atoms with van der Waals surface area (Å²) in [6.07, 6.45) is 0. The van der Waals surface area contributed by atoms with Gasteiger partial charge < -0.3 is 13.3 Å². The molecule has 0 saturated carbocycles. The summed E-state index contributed by atoms with van der Waals surface area (Å²) in [7, 11) is 0. The molecule has 0 radical (unpaired) electrons. The number of furan rings is 3. The summed E-state index contributed by atoms with van der Waals surface area (Å²) in [5.74, 6) is -2.44. The number of rotatable bonds is 5. The fourth-order valence-electron chi connectivity index (χ4n) is 6.39. The van der Waals surface area contributed by atoms with E-state index in [2.05, 4.69) is 15.0 Å². The van der Waals surface area contributed by atoms with E-state index in [0.29, 0.717) is 0 Å². The molecule has 0 aliphatic carbocycles. The molecule has 4 heterocycles. The van der Waals surface area contributed by atoms with E-state index in [1.54, 1.807) is 0 Å². The second kappa shape index (κ2) is 12.3. The van der Waals surface area contributed by atoms with Gasteiger partial charge in [0.05, 0.1) is 45.3 Å². The summed E-state index contributed by atoms with van der Waals surface area (Å²) < 4.78 is 277. The van der Waals surface area contributed by atoms with Gasteiger partial charge in [0.2, 0.25) is 0 Å². The van der Waals surface area contributed by atoms with E-state index in [4.69, 9.17) is 42.0 Å². The predicted molar refractivity (Wildman–Crippen MR) is 229 cm³/mol. The number of hydrogen-bond donors (Lipinski definition) is 0. The Bertz CT molecular complexity index is 5100. The molecule has 266 valence electrons. The number of benzene rings is 8. The summed E-state index contributed by atoms with van der Waals surface area (Å²) in [6.45, 7) is 0. The lowest BCUT2D eigenvalue weighted by molar-refractivity contribution is 0.668. The van der Waals surface area contributed by atoms with Gasteiger partial charge in [-0.05, 0) is 53.4 Å². The lowest BCUT2D eigenvalue weighted by Gasteiger charge is -2.09. The van der Waals surface area contributed by atoms with E-state index in [1.165, 1.54) is 0 Å². The maximum atomic E-state index is 10.0. The van der Waals surface area contributed by atoms with E-state index in [9.17, 15) is 11.0 Å².